The molecular weight excluding hydrogens is 544 g/mol. The zero-order valence-electron chi connectivity index (χ0n) is 19.9. The van der Waals surface area contributed by atoms with Gasteiger partial charge in [-0.2, -0.15) is 0 Å². The predicted molar refractivity (Wildman–Crippen MR) is 143 cm³/mol. The van der Waals surface area contributed by atoms with Gasteiger partial charge in [-0.1, -0.05) is 107 Å². The first-order valence-electron chi connectivity index (χ1n) is 12.3. The Balaban J connectivity index is 1.59. The average Bonchev–Trinajstić information content (AvgIpc) is 3.48. The van der Waals surface area contributed by atoms with Gasteiger partial charge in [0.15, 0.2) is 11.6 Å². The van der Waals surface area contributed by atoms with E-state index in [4.69, 9.17) is 4.74 Å². The van der Waals surface area contributed by atoms with Gasteiger partial charge in [-0.15, -0.1) is 0 Å². The molecule has 3 aliphatic rings. The molecule has 7 rings (SSSR count). The van der Waals surface area contributed by atoms with Crippen LogP contribution in [0, 0.1) is 5.41 Å². The van der Waals surface area contributed by atoms with E-state index in [1.807, 2.05) is 6.07 Å². The molecule has 1 fully saturated rings. The number of carbonyl (C=O) groups excluding carboxylic acids is 4. The van der Waals surface area contributed by atoms with Crippen LogP contribution in [-0.4, -0.2) is 28.7 Å². The maximum absolute atomic E-state index is 14.6. The Bertz CT molecular complexity index is 1620. The van der Waals surface area contributed by atoms with Crippen molar-refractivity contribution in [2.75, 3.05) is 0 Å². The molecule has 0 radical (unpaired) electrons. The van der Waals surface area contributed by atoms with Gasteiger partial charge in [0.1, 0.15) is 11.5 Å². The number of hydrogen-bond donors (Lipinski definition) is 0. The second-order valence-corrected chi connectivity index (χ2v) is 10.8. The summed E-state index contributed by atoms with van der Waals surface area (Å²) in [5.41, 5.74) is -1.85. The first kappa shape index (κ1) is 23.1. The minimum atomic E-state index is -2.08. The van der Waals surface area contributed by atoms with Crippen molar-refractivity contribution in [3.63, 3.8) is 0 Å². The van der Waals surface area contributed by atoms with Crippen molar-refractivity contribution in [3.8, 4) is 0 Å². The number of fused-ring (bicyclic) bond motifs is 2. The molecule has 5 nitrogen and oxygen atoms in total. The molecule has 2 aliphatic carbocycles. The van der Waals surface area contributed by atoms with Crippen LogP contribution in [0.1, 0.15) is 64.6 Å². The molecule has 1 heterocycles. The van der Waals surface area contributed by atoms with E-state index < -0.39 is 46.2 Å². The highest BCUT2D eigenvalue weighted by Crippen LogP contribution is 2.67. The third kappa shape index (κ3) is 2.69. The van der Waals surface area contributed by atoms with E-state index in [1.54, 1.807) is 97.1 Å². The summed E-state index contributed by atoms with van der Waals surface area (Å²) >= 11 is 3.45. The molecule has 0 bridgehead atoms. The summed E-state index contributed by atoms with van der Waals surface area (Å²) in [6, 6.07) is 29.3. The van der Waals surface area contributed by atoms with Crippen molar-refractivity contribution in [2.45, 2.75) is 17.6 Å². The molecule has 4 aromatic carbocycles. The summed E-state index contributed by atoms with van der Waals surface area (Å²) in [5.74, 6) is -3.12. The van der Waals surface area contributed by atoms with E-state index in [0.717, 1.165) is 4.47 Å². The van der Waals surface area contributed by atoms with Gasteiger partial charge < -0.3 is 4.74 Å². The summed E-state index contributed by atoms with van der Waals surface area (Å²) in [6.45, 7) is 0. The summed E-state index contributed by atoms with van der Waals surface area (Å²) in [6.07, 6.45) is -1.16. The fourth-order valence-corrected chi connectivity index (χ4v) is 6.87. The van der Waals surface area contributed by atoms with Crippen molar-refractivity contribution >= 4 is 39.1 Å². The van der Waals surface area contributed by atoms with Crippen molar-refractivity contribution in [1.29, 1.82) is 0 Å². The molecule has 2 atom stereocenters. The maximum Gasteiger partial charge on any atom is 0.204 e. The van der Waals surface area contributed by atoms with Gasteiger partial charge in [0.25, 0.3) is 0 Å². The molecule has 6 heteroatoms. The summed E-state index contributed by atoms with van der Waals surface area (Å²) in [7, 11) is 0. The molecule has 4 aromatic rings. The lowest BCUT2D eigenvalue weighted by Gasteiger charge is -2.34. The van der Waals surface area contributed by atoms with Crippen LogP contribution in [-0.2, 0) is 4.74 Å². The molecule has 0 amide bonds. The Hall–Kier alpha value is -4.00. The standard InChI is InChI=1S/C32H19BrO5/c33-20-16-14-18(15-17-20)25-31(26(34)21-10-4-5-11-22(21)27(31)35)30(19-8-2-1-3-9-19)38-32(25)28(36)23-12-6-7-13-24(23)29(32)37/h1-17,25,30H/t25-,30+/m1/s1. The molecule has 0 saturated carbocycles. The number of rotatable bonds is 2. The van der Waals surface area contributed by atoms with Crippen molar-refractivity contribution in [2.24, 2.45) is 5.41 Å². The lowest BCUT2D eigenvalue weighted by atomic mass is 9.60. The Kier molecular flexibility index (Phi) is 4.87. The molecule has 38 heavy (non-hydrogen) atoms. The largest absolute Gasteiger partial charge is 0.348 e. The van der Waals surface area contributed by atoms with Crippen LogP contribution in [0.4, 0.5) is 0 Å². The third-order valence-electron chi connectivity index (χ3n) is 8.14. The zero-order valence-corrected chi connectivity index (χ0v) is 21.5. The van der Waals surface area contributed by atoms with Crippen LogP contribution < -0.4 is 0 Å². The lowest BCUT2D eigenvalue weighted by Crippen LogP contribution is -2.51. The Morgan fingerprint density at radius 2 is 0.974 bits per heavy atom. The highest BCUT2D eigenvalue weighted by molar-refractivity contribution is 9.10. The highest BCUT2D eigenvalue weighted by atomic mass is 79.9. The predicted octanol–water partition coefficient (Wildman–Crippen LogP) is 6.19. The second-order valence-electron chi connectivity index (χ2n) is 9.91. The number of Topliss-reactive ketones (excluding diaryl/α,β-unsaturated/α-hetero) is 4. The number of hydrogen-bond acceptors (Lipinski definition) is 5. The number of ketones is 4. The first-order chi connectivity index (χ1) is 18.4. The van der Waals surface area contributed by atoms with E-state index in [0.29, 0.717) is 11.1 Å². The molecular formula is C32H19BrO5. The quantitative estimate of drug-likeness (QED) is 0.272. The van der Waals surface area contributed by atoms with Crippen LogP contribution in [0.3, 0.4) is 0 Å². The Morgan fingerprint density at radius 3 is 1.47 bits per heavy atom. The summed E-state index contributed by atoms with van der Waals surface area (Å²) in [4.78, 5) is 57.7. The van der Waals surface area contributed by atoms with Gasteiger partial charge in [-0.05, 0) is 23.3 Å². The molecule has 184 valence electrons. The van der Waals surface area contributed by atoms with Crippen molar-refractivity contribution in [1.82, 2.24) is 0 Å². The number of ether oxygens (including phenoxy) is 1. The topological polar surface area (TPSA) is 77.5 Å². The van der Waals surface area contributed by atoms with Crippen molar-refractivity contribution < 1.29 is 23.9 Å². The summed E-state index contributed by atoms with van der Waals surface area (Å²) in [5, 5.41) is 0. The minimum absolute atomic E-state index is 0.235. The highest BCUT2D eigenvalue weighted by Gasteiger charge is 2.79. The lowest BCUT2D eigenvalue weighted by molar-refractivity contribution is -0.0210. The smallest absolute Gasteiger partial charge is 0.204 e. The van der Waals surface area contributed by atoms with Gasteiger partial charge in [-0.25, -0.2) is 0 Å². The fourth-order valence-electron chi connectivity index (χ4n) is 6.61. The van der Waals surface area contributed by atoms with Crippen LogP contribution in [0.25, 0.3) is 0 Å². The average molecular weight is 563 g/mol. The van der Waals surface area contributed by atoms with E-state index in [1.165, 1.54) is 0 Å². The van der Waals surface area contributed by atoms with Crippen LogP contribution >= 0.6 is 15.9 Å². The van der Waals surface area contributed by atoms with Crippen molar-refractivity contribution in [3.05, 3.63) is 141 Å². The molecule has 2 spiro atoms. The fraction of sp³-hybridized carbons (Fsp3) is 0.125. The third-order valence-corrected chi connectivity index (χ3v) is 8.67. The monoisotopic (exact) mass is 562 g/mol. The van der Waals surface area contributed by atoms with Crippen LogP contribution in [0.5, 0.6) is 0 Å². The van der Waals surface area contributed by atoms with Crippen LogP contribution in [0.15, 0.2) is 108 Å². The number of halogens is 1. The SMILES string of the molecule is O=C1c2ccccc2C(=O)C12O[C@@H](c1ccccc1)C1(C(=O)c3ccccc3C1=O)[C@H]2c1ccc(Br)cc1. The second kappa shape index (κ2) is 8.00. The molecule has 0 aromatic heterocycles. The Labute approximate surface area is 226 Å². The molecule has 0 unspecified atom stereocenters. The van der Waals surface area contributed by atoms with Gasteiger partial charge in [-0.3, -0.25) is 19.2 Å². The van der Waals surface area contributed by atoms with E-state index >= 15 is 0 Å². The molecule has 1 aliphatic heterocycles. The van der Waals surface area contributed by atoms with Gasteiger partial charge in [0.2, 0.25) is 17.2 Å². The normalized spacial score (nSPS) is 22.3. The van der Waals surface area contributed by atoms with Gasteiger partial charge in [0.05, 0.1) is 5.92 Å². The Morgan fingerprint density at radius 1 is 0.526 bits per heavy atom. The van der Waals surface area contributed by atoms with E-state index in [-0.39, 0.29) is 22.3 Å². The number of carbonyl (C=O) groups is 4. The zero-order chi connectivity index (χ0) is 26.2. The minimum Gasteiger partial charge on any atom is -0.348 e. The van der Waals surface area contributed by atoms with E-state index in [9.17, 15) is 19.2 Å². The maximum atomic E-state index is 14.6. The first-order valence-corrected chi connectivity index (χ1v) is 13.1. The number of benzene rings is 4. The summed E-state index contributed by atoms with van der Waals surface area (Å²) < 4.78 is 7.44. The van der Waals surface area contributed by atoms with Gasteiger partial charge >= 0.3 is 0 Å². The van der Waals surface area contributed by atoms with Gasteiger partial charge in [0, 0.05) is 26.7 Å². The van der Waals surface area contributed by atoms with Crippen LogP contribution in [0.2, 0.25) is 0 Å². The molecule has 1 saturated heterocycles. The molecule has 0 N–H and O–H groups in total. The van der Waals surface area contributed by atoms with E-state index in [2.05, 4.69) is 15.9 Å².